The normalized spacial score (nSPS) is 11.9. The second-order valence-corrected chi connectivity index (χ2v) is 5.85. The predicted octanol–water partition coefficient (Wildman–Crippen LogP) is 1.20. The van der Waals surface area contributed by atoms with Crippen molar-refractivity contribution < 1.29 is 12.8 Å². The summed E-state index contributed by atoms with van der Waals surface area (Å²) in [5.41, 5.74) is 0. The molecular formula is C11H18N2O3S. The fourth-order valence-electron chi connectivity index (χ4n) is 1.19. The summed E-state index contributed by atoms with van der Waals surface area (Å²) in [5.74, 6) is 0.606. The Balaban J connectivity index is 2.63. The summed E-state index contributed by atoms with van der Waals surface area (Å²) < 4.78 is 29.8. The molecule has 0 aliphatic rings. The first-order valence-corrected chi connectivity index (χ1v) is 6.75. The Kier molecular flexibility index (Phi) is 4.92. The Bertz CT molecular complexity index is 463. The van der Waals surface area contributed by atoms with Crippen molar-refractivity contribution in [1.29, 1.82) is 0 Å². The highest BCUT2D eigenvalue weighted by atomic mass is 32.2. The van der Waals surface area contributed by atoms with Crippen molar-refractivity contribution in [2.75, 3.05) is 20.6 Å². The minimum absolute atomic E-state index is 0.0250. The van der Waals surface area contributed by atoms with Gasteiger partial charge in [-0.3, -0.25) is 0 Å². The van der Waals surface area contributed by atoms with Crippen LogP contribution in [0.3, 0.4) is 0 Å². The van der Waals surface area contributed by atoms with Gasteiger partial charge in [-0.15, -0.1) is 6.58 Å². The third-order valence-corrected chi connectivity index (χ3v) is 3.89. The lowest BCUT2D eigenvalue weighted by Crippen LogP contribution is -2.21. The average Bonchev–Trinajstić information content (AvgIpc) is 2.73. The summed E-state index contributed by atoms with van der Waals surface area (Å²) in [4.78, 5) is 0. The van der Waals surface area contributed by atoms with E-state index in [1.54, 1.807) is 6.07 Å². The molecule has 6 heteroatoms. The Morgan fingerprint density at radius 2 is 2.18 bits per heavy atom. The summed E-state index contributed by atoms with van der Waals surface area (Å²) in [6.07, 6.45) is 2.68. The molecule has 1 aromatic heterocycles. The maximum absolute atomic E-state index is 11.7. The summed E-state index contributed by atoms with van der Waals surface area (Å²) in [6.45, 7) is 4.92. The zero-order valence-electron chi connectivity index (χ0n) is 10.1. The van der Waals surface area contributed by atoms with E-state index in [0.717, 1.165) is 17.3 Å². The Morgan fingerprint density at radius 1 is 1.47 bits per heavy atom. The van der Waals surface area contributed by atoms with E-state index >= 15 is 0 Å². The van der Waals surface area contributed by atoms with Crippen molar-refractivity contribution in [3.05, 3.63) is 30.5 Å². The van der Waals surface area contributed by atoms with Crippen molar-refractivity contribution >= 4 is 10.0 Å². The number of hydrogen-bond donors (Lipinski definition) is 1. The second kappa shape index (κ2) is 6.00. The largest absolute Gasteiger partial charge is 0.447 e. The fourth-order valence-corrected chi connectivity index (χ4v) is 2.00. The van der Waals surface area contributed by atoms with E-state index in [0.29, 0.717) is 12.3 Å². The molecule has 0 aliphatic heterocycles. The number of nitrogens with one attached hydrogen (secondary N) is 1. The van der Waals surface area contributed by atoms with Gasteiger partial charge in [-0.05, 0) is 25.1 Å². The van der Waals surface area contributed by atoms with Gasteiger partial charge in [0.1, 0.15) is 5.76 Å². The lowest BCUT2D eigenvalue weighted by atomic mass is 10.4. The fraction of sp³-hybridized carbons (Fsp3) is 0.455. The van der Waals surface area contributed by atoms with Crippen molar-refractivity contribution in [2.24, 2.45) is 0 Å². The van der Waals surface area contributed by atoms with Gasteiger partial charge in [0.15, 0.2) is 0 Å². The van der Waals surface area contributed by atoms with Gasteiger partial charge in [0.05, 0.1) is 6.54 Å². The number of sulfonamides is 1. The molecule has 17 heavy (non-hydrogen) atoms. The van der Waals surface area contributed by atoms with Crippen LogP contribution in [0.2, 0.25) is 0 Å². The van der Waals surface area contributed by atoms with Crippen LogP contribution in [0.15, 0.2) is 34.3 Å². The molecule has 1 heterocycles. The van der Waals surface area contributed by atoms with E-state index in [1.807, 2.05) is 6.08 Å². The molecule has 0 saturated carbocycles. The molecule has 0 spiro atoms. The van der Waals surface area contributed by atoms with Crippen LogP contribution >= 0.6 is 0 Å². The highest BCUT2D eigenvalue weighted by Gasteiger charge is 2.21. The summed E-state index contributed by atoms with van der Waals surface area (Å²) in [6, 6.07) is 3.14. The van der Waals surface area contributed by atoms with Gasteiger partial charge in [0, 0.05) is 14.1 Å². The molecule has 5 nitrogen and oxygen atoms in total. The number of furan rings is 1. The number of nitrogens with zero attached hydrogens (tertiary/aromatic N) is 1. The smallest absolute Gasteiger partial charge is 0.275 e. The van der Waals surface area contributed by atoms with Crippen molar-refractivity contribution in [3.63, 3.8) is 0 Å². The molecular weight excluding hydrogens is 240 g/mol. The molecule has 0 saturated heterocycles. The Hall–Kier alpha value is -1.11. The van der Waals surface area contributed by atoms with Gasteiger partial charge in [-0.25, -0.2) is 12.7 Å². The highest BCUT2D eigenvalue weighted by Crippen LogP contribution is 2.16. The van der Waals surface area contributed by atoms with Crippen LogP contribution in [0.5, 0.6) is 0 Å². The topological polar surface area (TPSA) is 62.6 Å². The SMILES string of the molecule is C=CCCNCc1ccc(S(=O)(=O)N(C)C)o1. The first kappa shape index (κ1) is 14.0. The third-order valence-electron chi connectivity index (χ3n) is 2.20. The van der Waals surface area contributed by atoms with Gasteiger partial charge in [0.2, 0.25) is 5.09 Å². The average molecular weight is 258 g/mol. The number of hydrogen-bond acceptors (Lipinski definition) is 4. The first-order chi connectivity index (χ1) is 7.98. The van der Waals surface area contributed by atoms with Crippen LogP contribution in [0.1, 0.15) is 12.2 Å². The Morgan fingerprint density at radius 3 is 2.76 bits per heavy atom. The third kappa shape index (κ3) is 3.69. The van der Waals surface area contributed by atoms with Crippen molar-refractivity contribution in [1.82, 2.24) is 9.62 Å². The van der Waals surface area contributed by atoms with Crippen molar-refractivity contribution in [3.8, 4) is 0 Å². The maximum Gasteiger partial charge on any atom is 0.275 e. The molecule has 1 aromatic rings. The van der Waals surface area contributed by atoms with Crippen LogP contribution in [0, 0.1) is 0 Å². The van der Waals surface area contributed by atoms with Crippen LogP contribution < -0.4 is 5.32 Å². The van der Waals surface area contributed by atoms with Gasteiger partial charge < -0.3 is 9.73 Å². The summed E-state index contributed by atoms with van der Waals surface area (Å²) >= 11 is 0. The maximum atomic E-state index is 11.7. The number of rotatable bonds is 7. The van der Waals surface area contributed by atoms with Gasteiger partial charge >= 0.3 is 0 Å². The molecule has 0 amide bonds. The summed E-state index contributed by atoms with van der Waals surface area (Å²) in [5, 5.41) is 3.10. The standard InChI is InChI=1S/C11H18N2O3S/c1-4-5-8-12-9-10-6-7-11(16-10)17(14,15)13(2)3/h4,6-7,12H,1,5,8-9H2,2-3H3. The molecule has 0 atom stereocenters. The molecule has 96 valence electrons. The lowest BCUT2D eigenvalue weighted by Gasteiger charge is -2.07. The minimum atomic E-state index is -3.47. The van der Waals surface area contributed by atoms with Gasteiger partial charge in [-0.1, -0.05) is 6.08 Å². The van der Waals surface area contributed by atoms with Crippen LogP contribution in [0.25, 0.3) is 0 Å². The quantitative estimate of drug-likeness (QED) is 0.589. The van der Waals surface area contributed by atoms with E-state index in [-0.39, 0.29) is 5.09 Å². The lowest BCUT2D eigenvalue weighted by molar-refractivity contribution is 0.390. The monoisotopic (exact) mass is 258 g/mol. The molecule has 0 unspecified atom stereocenters. The summed E-state index contributed by atoms with van der Waals surface area (Å²) in [7, 11) is -0.524. The molecule has 0 aliphatic carbocycles. The second-order valence-electron chi connectivity index (χ2n) is 3.76. The van der Waals surface area contributed by atoms with E-state index in [4.69, 9.17) is 4.42 Å². The van der Waals surface area contributed by atoms with E-state index in [2.05, 4.69) is 11.9 Å². The molecule has 0 fully saturated rings. The van der Waals surface area contributed by atoms with Gasteiger partial charge in [0.25, 0.3) is 10.0 Å². The Labute approximate surface area is 102 Å². The van der Waals surface area contributed by atoms with Crippen LogP contribution in [0.4, 0.5) is 0 Å². The predicted molar refractivity (Wildman–Crippen MR) is 66.1 cm³/mol. The molecule has 0 bridgehead atoms. The van der Waals surface area contributed by atoms with Crippen LogP contribution in [-0.4, -0.2) is 33.4 Å². The first-order valence-electron chi connectivity index (χ1n) is 5.31. The van der Waals surface area contributed by atoms with Crippen molar-refractivity contribution in [2.45, 2.75) is 18.1 Å². The van der Waals surface area contributed by atoms with E-state index in [1.165, 1.54) is 20.2 Å². The van der Waals surface area contributed by atoms with Gasteiger partial charge in [-0.2, -0.15) is 0 Å². The highest BCUT2D eigenvalue weighted by molar-refractivity contribution is 7.88. The molecule has 0 radical (unpaired) electrons. The molecule has 1 rings (SSSR count). The van der Waals surface area contributed by atoms with E-state index < -0.39 is 10.0 Å². The molecule has 0 aromatic carbocycles. The van der Waals surface area contributed by atoms with E-state index in [9.17, 15) is 8.42 Å². The zero-order valence-corrected chi connectivity index (χ0v) is 11.0. The van der Waals surface area contributed by atoms with Crippen LogP contribution in [-0.2, 0) is 16.6 Å². The zero-order chi connectivity index (χ0) is 12.9. The molecule has 1 N–H and O–H groups in total. The minimum Gasteiger partial charge on any atom is -0.447 e.